The normalized spacial score (nSPS) is 13.2. The van der Waals surface area contributed by atoms with Crippen molar-refractivity contribution in [3.8, 4) is 0 Å². The maximum absolute atomic E-state index is 12.3. The summed E-state index contributed by atoms with van der Waals surface area (Å²) < 4.78 is 0. The van der Waals surface area contributed by atoms with Gasteiger partial charge in [0.2, 0.25) is 11.8 Å². The van der Waals surface area contributed by atoms with E-state index in [1.54, 1.807) is 4.90 Å². The molecule has 0 fully saturated rings. The SMILES string of the molecule is C=CC(=O)N(CC(=O)N1CC=CC1)Cc1ccc2ccccc2c1. The Morgan fingerprint density at radius 1 is 1.08 bits per heavy atom. The minimum atomic E-state index is -0.233. The molecular formula is C20H20N2O2. The van der Waals surface area contributed by atoms with Gasteiger partial charge in [-0.05, 0) is 28.5 Å². The van der Waals surface area contributed by atoms with Gasteiger partial charge >= 0.3 is 0 Å². The number of rotatable bonds is 5. The summed E-state index contributed by atoms with van der Waals surface area (Å²) >= 11 is 0. The molecule has 122 valence electrons. The topological polar surface area (TPSA) is 40.6 Å². The Morgan fingerprint density at radius 3 is 2.50 bits per heavy atom. The summed E-state index contributed by atoms with van der Waals surface area (Å²) in [4.78, 5) is 27.8. The van der Waals surface area contributed by atoms with Gasteiger partial charge in [-0.2, -0.15) is 0 Å². The molecule has 3 rings (SSSR count). The molecule has 0 bridgehead atoms. The number of carbonyl (C=O) groups excluding carboxylic acids is 2. The summed E-state index contributed by atoms with van der Waals surface area (Å²) in [6.45, 7) is 5.24. The standard InChI is InChI=1S/C20H20N2O2/c1-2-19(23)22(15-20(24)21-11-5-6-12-21)14-16-9-10-17-7-3-4-8-18(17)13-16/h2-10,13H,1,11-12,14-15H2. The van der Waals surface area contributed by atoms with Crippen LogP contribution in [0.4, 0.5) is 0 Å². The summed E-state index contributed by atoms with van der Waals surface area (Å²) in [6, 6.07) is 14.2. The third kappa shape index (κ3) is 3.54. The number of hydrogen-bond acceptors (Lipinski definition) is 2. The van der Waals surface area contributed by atoms with Crippen molar-refractivity contribution in [2.24, 2.45) is 0 Å². The Morgan fingerprint density at radius 2 is 1.79 bits per heavy atom. The van der Waals surface area contributed by atoms with Crippen molar-refractivity contribution >= 4 is 22.6 Å². The van der Waals surface area contributed by atoms with E-state index < -0.39 is 0 Å². The summed E-state index contributed by atoms with van der Waals surface area (Å²) in [5, 5.41) is 2.28. The van der Waals surface area contributed by atoms with Crippen molar-refractivity contribution in [2.45, 2.75) is 6.54 Å². The molecule has 2 aromatic carbocycles. The Labute approximate surface area is 141 Å². The summed E-state index contributed by atoms with van der Waals surface area (Å²) in [5.41, 5.74) is 0.997. The largest absolute Gasteiger partial charge is 0.334 e. The first kappa shape index (κ1) is 16.0. The molecule has 0 aromatic heterocycles. The van der Waals surface area contributed by atoms with Crippen LogP contribution in [0.25, 0.3) is 10.8 Å². The van der Waals surface area contributed by atoms with E-state index in [2.05, 4.69) is 18.7 Å². The van der Waals surface area contributed by atoms with Crippen LogP contribution in [-0.2, 0) is 16.1 Å². The van der Waals surface area contributed by atoms with Crippen molar-refractivity contribution in [1.29, 1.82) is 0 Å². The van der Waals surface area contributed by atoms with Crippen LogP contribution >= 0.6 is 0 Å². The van der Waals surface area contributed by atoms with Gasteiger partial charge in [-0.3, -0.25) is 9.59 Å². The highest BCUT2D eigenvalue weighted by atomic mass is 16.2. The van der Waals surface area contributed by atoms with Crippen LogP contribution < -0.4 is 0 Å². The molecule has 0 unspecified atom stereocenters. The van der Waals surface area contributed by atoms with E-state index in [1.807, 2.05) is 42.5 Å². The number of nitrogens with zero attached hydrogens (tertiary/aromatic N) is 2. The molecule has 0 saturated heterocycles. The zero-order valence-corrected chi connectivity index (χ0v) is 13.5. The maximum Gasteiger partial charge on any atom is 0.246 e. The molecule has 24 heavy (non-hydrogen) atoms. The van der Waals surface area contributed by atoms with Gasteiger partial charge in [0, 0.05) is 19.6 Å². The zero-order valence-electron chi connectivity index (χ0n) is 13.5. The second kappa shape index (κ2) is 7.13. The molecule has 2 amide bonds. The Hall–Kier alpha value is -2.88. The van der Waals surface area contributed by atoms with Crippen LogP contribution in [-0.4, -0.2) is 41.2 Å². The van der Waals surface area contributed by atoms with E-state index in [1.165, 1.54) is 11.0 Å². The molecule has 0 saturated carbocycles. The molecule has 0 atom stereocenters. The molecule has 2 aromatic rings. The molecule has 0 spiro atoms. The minimum absolute atomic E-state index is 0.0454. The van der Waals surface area contributed by atoms with E-state index in [-0.39, 0.29) is 18.4 Å². The molecule has 4 nitrogen and oxygen atoms in total. The molecule has 0 aliphatic carbocycles. The van der Waals surface area contributed by atoms with E-state index >= 15 is 0 Å². The highest BCUT2D eigenvalue weighted by Gasteiger charge is 2.20. The number of hydrogen-bond donors (Lipinski definition) is 0. The Bertz CT molecular complexity index is 802. The maximum atomic E-state index is 12.3. The predicted molar refractivity (Wildman–Crippen MR) is 95.3 cm³/mol. The number of benzene rings is 2. The highest BCUT2D eigenvalue weighted by molar-refractivity contribution is 5.91. The van der Waals surface area contributed by atoms with Gasteiger partial charge in [0.1, 0.15) is 6.54 Å². The highest BCUT2D eigenvalue weighted by Crippen LogP contribution is 2.17. The van der Waals surface area contributed by atoms with Crippen molar-refractivity contribution in [3.63, 3.8) is 0 Å². The molecular weight excluding hydrogens is 300 g/mol. The minimum Gasteiger partial charge on any atom is -0.334 e. The fraction of sp³-hybridized carbons (Fsp3) is 0.200. The van der Waals surface area contributed by atoms with Crippen molar-refractivity contribution < 1.29 is 9.59 Å². The van der Waals surface area contributed by atoms with Gasteiger partial charge in [0.05, 0.1) is 0 Å². The smallest absolute Gasteiger partial charge is 0.246 e. The van der Waals surface area contributed by atoms with E-state index in [4.69, 9.17) is 0 Å². The predicted octanol–water partition coefficient (Wildman–Crippen LogP) is 2.75. The van der Waals surface area contributed by atoms with Crippen LogP contribution in [0.1, 0.15) is 5.56 Å². The average Bonchev–Trinajstić information content (AvgIpc) is 3.15. The monoisotopic (exact) mass is 320 g/mol. The lowest BCUT2D eigenvalue weighted by Crippen LogP contribution is -2.41. The fourth-order valence-corrected chi connectivity index (χ4v) is 2.84. The first-order valence-corrected chi connectivity index (χ1v) is 7.99. The van der Waals surface area contributed by atoms with Crippen LogP contribution in [0.5, 0.6) is 0 Å². The molecule has 1 aliphatic rings. The van der Waals surface area contributed by atoms with Crippen LogP contribution in [0, 0.1) is 0 Å². The Balaban J connectivity index is 1.76. The van der Waals surface area contributed by atoms with Crippen LogP contribution in [0.3, 0.4) is 0 Å². The second-order valence-electron chi connectivity index (χ2n) is 5.85. The van der Waals surface area contributed by atoms with Gasteiger partial charge < -0.3 is 9.80 Å². The molecule has 0 N–H and O–H groups in total. The number of carbonyl (C=O) groups is 2. The van der Waals surface area contributed by atoms with Gasteiger partial charge in [-0.15, -0.1) is 0 Å². The van der Waals surface area contributed by atoms with Gasteiger partial charge in [0.15, 0.2) is 0 Å². The molecule has 0 radical (unpaired) electrons. The first-order valence-electron chi connectivity index (χ1n) is 7.99. The summed E-state index contributed by atoms with van der Waals surface area (Å²) in [5.74, 6) is -0.278. The zero-order chi connectivity index (χ0) is 16.9. The van der Waals surface area contributed by atoms with Crippen LogP contribution in [0.2, 0.25) is 0 Å². The number of fused-ring (bicyclic) bond motifs is 1. The average molecular weight is 320 g/mol. The van der Waals surface area contributed by atoms with Crippen molar-refractivity contribution in [3.05, 3.63) is 72.8 Å². The lowest BCUT2D eigenvalue weighted by molar-refractivity contribution is -0.137. The summed E-state index contributed by atoms with van der Waals surface area (Å²) in [7, 11) is 0. The van der Waals surface area contributed by atoms with Gasteiger partial charge in [0.25, 0.3) is 0 Å². The van der Waals surface area contributed by atoms with Gasteiger partial charge in [-0.25, -0.2) is 0 Å². The lowest BCUT2D eigenvalue weighted by Gasteiger charge is -2.24. The van der Waals surface area contributed by atoms with Crippen LogP contribution in [0.15, 0.2) is 67.3 Å². The lowest BCUT2D eigenvalue weighted by atomic mass is 10.1. The summed E-state index contributed by atoms with van der Waals surface area (Å²) in [6.07, 6.45) is 5.18. The number of amides is 2. The van der Waals surface area contributed by atoms with E-state index in [9.17, 15) is 9.59 Å². The third-order valence-corrected chi connectivity index (χ3v) is 4.17. The molecule has 1 heterocycles. The second-order valence-corrected chi connectivity index (χ2v) is 5.85. The fourth-order valence-electron chi connectivity index (χ4n) is 2.84. The third-order valence-electron chi connectivity index (χ3n) is 4.17. The first-order chi connectivity index (χ1) is 11.7. The van der Waals surface area contributed by atoms with E-state index in [0.29, 0.717) is 19.6 Å². The quantitative estimate of drug-likeness (QED) is 0.628. The van der Waals surface area contributed by atoms with Crippen molar-refractivity contribution in [2.75, 3.05) is 19.6 Å². The Kier molecular flexibility index (Phi) is 4.75. The molecule has 1 aliphatic heterocycles. The van der Waals surface area contributed by atoms with Crippen molar-refractivity contribution in [1.82, 2.24) is 9.80 Å². The molecule has 4 heteroatoms. The van der Waals surface area contributed by atoms with E-state index in [0.717, 1.165) is 16.3 Å². The van der Waals surface area contributed by atoms with Gasteiger partial charge in [-0.1, -0.05) is 55.1 Å².